The van der Waals surface area contributed by atoms with Gasteiger partial charge in [0.05, 0.1) is 34.4 Å². The van der Waals surface area contributed by atoms with Crippen molar-refractivity contribution in [2.75, 3.05) is 0 Å². The predicted octanol–water partition coefficient (Wildman–Crippen LogP) is 2.49. The monoisotopic (exact) mass is 292 g/mol. The highest BCUT2D eigenvalue weighted by atomic mass is 16.4. The number of nitrogens with zero attached hydrogens (tertiary/aromatic N) is 2. The number of rotatable bonds is 3. The molecule has 0 aromatic heterocycles. The molecule has 2 aromatic carbocycles. The molecule has 0 fully saturated rings. The van der Waals surface area contributed by atoms with Gasteiger partial charge in [-0.2, -0.15) is 10.5 Å². The first-order valence-corrected chi connectivity index (χ1v) is 6.03. The van der Waals surface area contributed by atoms with Gasteiger partial charge in [-0.05, 0) is 36.4 Å². The first-order valence-electron chi connectivity index (χ1n) is 6.03. The lowest BCUT2D eigenvalue weighted by molar-refractivity contribution is 0.0686. The molecule has 0 amide bonds. The molecule has 6 heteroatoms. The van der Waals surface area contributed by atoms with Crippen LogP contribution in [0.3, 0.4) is 0 Å². The van der Waals surface area contributed by atoms with E-state index in [-0.39, 0.29) is 33.4 Å². The molecule has 0 radical (unpaired) electrons. The molecule has 0 atom stereocenters. The Balaban J connectivity index is 2.80. The van der Waals surface area contributed by atoms with Crippen LogP contribution in [0.15, 0.2) is 36.4 Å². The molecule has 0 unspecified atom stereocenters. The zero-order valence-electron chi connectivity index (χ0n) is 11.1. The fourth-order valence-electron chi connectivity index (χ4n) is 2.00. The van der Waals surface area contributed by atoms with Gasteiger partial charge in [-0.15, -0.1) is 0 Å². The maximum Gasteiger partial charge on any atom is 0.335 e. The summed E-state index contributed by atoms with van der Waals surface area (Å²) in [6, 6.07) is 11.5. The normalized spacial score (nSPS) is 9.55. The van der Waals surface area contributed by atoms with Gasteiger partial charge in [0, 0.05) is 11.1 Å². The number of hydrogen-bond acceptors (Lipinski definition) is 4. The molecular formula is C16H8N2O4. The van der Waals surface area contributed by atoms with E-state index in [1.165, 1.54) is 36.4 Å². The second-order valence-electron chi connectivity index (χ2n) is 4.35. The molecule has 0 aliphatic carbocycles. The molecule has 22 heavy (non-hydrogen) atoms. The van der Waals surface area contributed by atoms with E-state index in [4.69, 9.17) is 20.7 Å². The molecule has 0 aliphatic rings. The van der Waals surface area contributed by atoms with E-state index in [2.05, 4.69) is 0 Å². The van der Waals surface area contributed by atoms with Gasteiger partial charge in [-0.3, -0.25) is 0 Å². The second kappa shape index (κ2) is 5.78. The van der Waals surface area contributed by atoms with E-state index in [1.54, 1.807) is 0 Å². The highest BCUT2D eigenvalue weighted by Crippen LogP contribution is 2.29. The van der Waals surface area contributed by atoms with Crippen LogP contribution >= 0.6 is 0 Å². The summed E-state index contributed by atoms with van der Waals surface area (Å²) in [6.45, 7) is 0. The summed E-state index contributed by atoms with van der Waals surface area (Å²) in [5.74, 6) is -2.36. The summed E-state index contributed by atoms with van der Waals surface area (Å²) in [5.41, 5.74) is 0.620. The number of carboxylic acid groups (broad SMARTS) is 2. The lowest BCUT2D eigenvalue weighted by Crippen LogP contribution is -2.01. The predicted molar refractivity (Wildman–Crippen MR) is 75.2 cm³/mol. The second-order valence-corrected chi connectivity index (χ2v) is 4.35. The largest absolute Gasteiger partial charge is 0.478 e. The number of carboxylic acids is 2. The quantitative estimate of drug-likeness (QED) is 0.896. The van der Waals surface area contributed by atoms with Gasteiger partial charge >= 0.3 is 11.9 Å². The summed E-state index contributed by atoms with van der Waals surface area (Å²) in [7, 11) is 0. The Bertz CT molecular complexity index is 799. The maximum absolute atomic E-state index is 11.1. The van der Waals surface area contributed by atoms with E-state index in [0.29, 0.717) is 0 Å². The minimum Gasteiger partial charge on any atom is -0.478 e. The van der Waals surface area contributed by atoms with Crippen LogP contribution in [-0.4, -0.2) is 22.2 Å². The first kappa shape index (κ1) is 14.8. The fraction of sp³-hybridized carbons (Fsp3) is 0. The van der Waals surface area contributed by atoms with E-state index in [0.717, 1.165) is 0 Å². The Kier molecular flexibility index (Phi) is 3.88. The molecule has 0 saturated heterocycles. The van der Waals surface area contributed by atoms with Crippen LogP contribution in [0.2, 0.25) is 0 Å². The summed E-state index contributed by atoms with van der Waals surface area (Å²) >= 11 is 0. The maximum atomic E-state index is 11.1. The van der Waals surface area contributed by atoms with Crippen molar-refractivity contribution in [2.45, 2.75) is 0 Å². The van der Waals surface area contributed by atoms with Gasteiger partial charge in [0.2, 0.25) is 0 Å². The third-order valence-corrected chi connectivity index (χ3v) is 3.06. The van der Waals surface area contributed by atoms with Gasteiger partial charge < -0.3 is 10.2 Å². The molecule has 0 spiro atoms. The van der Waals surface area contributed by atoms with E-state index >= 15 is 0 Å². The van der Waals surface area contributed by atoms with Crippen LogP contribution in [-0.2, 0) is 0 Å². The number of benzene rings is 2. The molecule has 0 bridgehead atoms. The van der Waals surface area contributed by atoms with Gasteiger partial charge in [-0.25, -0.2) is 9.59 Å². The standard InChI is InChI=1S/C16H8N2O4/c17-7-11-3-1-9(15(19)20)5-13(11)14-6-10(16(21)22)2-4-12(14)8-18/h1-6H,(H,19,20)(H,21,22). The third-order valence-electron chi connectivity index (χ3n) is 3.06. The van der Waals surface area contributed by atoms with E-state index in [1.807, 2.05) is 12.1 Å². The fourth-order valence-corrected chi connectivity index (χ4v) is 2.00. The molecule has 6 nitrogen and oxygen atoms in total. The summed E-state index contributed by atoms with van der Waals surface area (Å²) in [5, 5.41) is 36.4. The molecule has 2 N–H and O–H groups in total. The van der Waals surface area contributed by atoms with Crippen molar-refractivity contribution in [3.63, 3.8) is 0 Å². The Labute approximate surface area is 125 Å². The van der Waals surface area contributed by atoms with Gasteiger partial charge in [0.25, 0.3) is 0 Å². The number of hydrogen-bond donors (Lipinski definition) is 2. The Morgan fingerprint density at radius 1 is 0.773 bits per heavy atom. The Hall–Kier alpha value is -3.64. The van der Waals surface area contributed by atoms with Crippen LogP contribution in [0, 0.1) is 22.7 Å². The average molecular weight is 292 g/mol. The summed E-state index contributed by atoms with van der Waals surface area (Å²) in [4.78, 5) is 22.1. The van der Waals surface area contributed by atoms with Gasteiger partial charge in [0.15, 0.2) is 0 Å². The first-order chi connectivity index (χ1) is 10.5. The van der Waals surface area contributed by atoms with Crippen molar-refractivity contribution >= 4 is 11.9 Å². The van der Waals surface area contributed by atoms with Crippen LogP contribution < -0.4 is 0 Å². The van der Waals surface area contributed by atoms with E-state index < -0.39 is 11.9 Å². The minimum atomic E-state index is -1.18. The number of carbonyl (C=O) groups is 2. The Morgan fingerprint density at radius 3 is 1.41 bits per heavy atom. The number of aromatic carboxylic acids is 2. The van der Waals surface area contributed by atoms with Crippen molar-refractivity contribution in [3.05, 3.63) is 58.7 Å². The van der Waals surface area contributed by atoms with Crippen molar-refractivity contribution < 1.29 is 19.8 Å². The average Bonchev–Trinajstić information content (AvgIpc) is 2.53. The molecule has 0 heterocycles. The van der Waals surface area contributed by atoms with Crippen molar-refractivity contribution in [3.8, 4) is 23.3 Å². The summed E-state index contributed by atoms with van der Waals surface area (Å²) in [6.07, 6.45) is 0. The molecule has 106 valence electrons. The molecule has 0 saturated carbocycles. The van der Waals surface area contributed by atoms with Crippen LogP contribution in [0.25, 0.3) is 11.1 Å². The van der Waals surface area contributed by atoms with Gasteiger partial charge in [-0.1, -0.05) is 0 Å². The van der Waals surface area contributed by atoms with Crippen LogP contribution in [0.1, 0.15) is 31.8 Å². The van der Waals surface area contributed by atoms with E-state index in [9.17, 15) is 9.59 Å². The zero-order chi connectivity index (χ0) is 16.3. The lowest BCUT2D eigenvalue weighted by atomic mass is 9.93. The topological polar surface area (TPSA) is 122 Å². The SMILES string of the molecule is N#Cc1ccc(C(=O)O)cc1-c1cc(C(=O)O)ccc1C#N. The highest BCUT2D eigenvalue weighted by molar-refractivity contribution is 5.93. The number of nitriles is 2. The zero-order valence-corrected chi connectivity index (χ0v) is 11.1. The molecule has 2 rings (SSSR count). The van der Waals surface area contributed by atoms with Crippen molar-refractivity contribution in [2.24, 2.45) is 0 Å². The van der Waals surface area contributed by atoms with Crippen molar-refractivity contribution in [1.82, 2.24) is 0 Å². The van der Waals surface area contributed by atoms with Crippen LogP contribution in [0.5, 0.6) is 0 Å². The van der Waals surface area contributed by atoms with Gasteiger partial charge in [0.1, 0.15) is 0 Å². The third kappa shape index (κ3) is 2.62. The summed E-state index contributed by atoms with van der Waals surface area (Å²) < 4.78 is 0. The highest BCUT2D eigenvalue weighted by Gasteiger charge is 2.15. The van der Waals surface area contributed by atoms with Crippen LogP contribution in [0.4, 0.5) is 0 Å². The molecular weight excluding hydrogens is 284 g/mol. The Morgan fingerprint density at radius 2 is 1.14 bits per heavy atom. The molecule has 2 aromatic rings. The van der Waals surface area contributed by atoms with Crippen molar-refractivity contribution in [1.29, 1.82) is 10.5 Å². The molecule has 0 aliphatic heterocycles. The minimum absolute atomic E-state index is 0.0568. The lowest BCUT2D eigenvalue weighted by Gasteiger charge is -2.09. The smallest absolute Gasteiger partial charge is 0.335 e.